The van der Waals surface area contributed by atoms with Gasteiger partial charge in [0.2, 0.25) is 0 Å². The summed E-state index contributed by atoms with van der Waals surface area (Å²) in [6.45, 7) is 2.68. The fourth-order valence-electron chi connectivity index (χ4n) is 5.01. The van der Waals surface area contributed by atoms with Crippen LogP contribution < -0.4 is 0 Å². The lowest BCUT2D eigenvalue weighted by molar-refractivity contribution is -0.165. The maximum absolute atomic E-state index is 13.2. The molecular formula is C25H36N6O5. The van der Waals surface area contributed by atoms with Crippen LogP contribution in [0.5, 0.6) is 0 Å². The van der Waals surface area contributed by atoms with Gasteiger partial charge in [-0.3, -0.25) is 24.2 Å². The number of hydrogen-bond acceptors (Lipinski definition) is 9. The Morgan fingerprint density at radius 2 is 1.92 bits per heavy atom. The highest BCUT2D eigenvalue weighted by Crippen LogP contribution is 2.38. The molecule has 2 N–H and O–H groups in total. The first-order valence-corrected chi connectivity index (χ1v) is 12.7. The van der Waals surface area contributed by atoms with Gasteiger partial charge >= 0.3 is 5.97 Å². The van der Waals surface area contributed by atoms with Gasteiger partial charge < -0.3 is 19.8 Å². The lowest BCUT2D eigenvalue weighted by Gasteiger charge is -2.40. The van der Waals surface area contributed by atoms with Crippen molar-refractivity contribution in [2.75, 3.05) is 32.8 Å². The summed E-state index contributed by atoms with van der Waals surface area (Å²) in [4.78, 5) is 34.6. The summed E-state index contributed by atoms with van der Waals surface area (Å²) < 4.78 is 7.02. The average molecular weight is 501 g/mol. The van der Waals surface area contributed by atoms with E-state index < -0.39 is 17.6 Å². The molecule has 36 heavy (non-hydrogen) atoms. The van der Waals surface area contributed by atoms with Crippen LogP contribution in [0.4, 0.5) is 0 Å². The summed E-state index contributed by atoms with van der Waals surface area (Å²) in [7, 11) is 1.70. The van der Waals surface area contributed by atoms with E-state index in [2.05, 4.69) is 20.2 Å². The lowest BCUT2D eigenvalue weighted by atomic mass is 9.74. The summed E-state index contributed by atoms with van der Waals surface area (Å²) in [5.74, 6) is -0.567. The van der Waals surface area contributed by atoms with Gasteiger partial charge in [-0.25, -0.2) is 0 Å². The van der Waals surface area contributed by atoms with Crippen LogP contribution in [0, 0.1) is 5.41 Å². The molecule has 0 saturated carbocycles. The molecule has 196 valence electrons. The Hall–Kier alpha value is -2.89. The molecule has 2 aromatic rings. The monoisotopic (exact) mass is 500 g/mol. The number of hydrogen-bond donors (Lipinski definition) is 2. The molecule has 0 bridgehead atoms. The molecule has 2 aliphatic rings. The van der Waals surface area contributed by atoms with E-state index in [4.69, 9.17) is 4.74 Å². The van der Waals surface area contributed by atoms with Crippen LogP contribution in [0.2, 0.25) is 0 Å². The van der Waals surface area contributed by atoms with Crippen LogP contribution in [-0.4, -0.2) is 96.9 Å². The van der Waals surface area contributed by atoms with E-state index in [-0.39, 0.29) is 37.1 Å². The number of carbonyl (C=O) groups excluding carboxylic acids is 2. The minimum Gasteiger partial charge on any atom is -0.462 e. The Morgan fingerprint density at radius 1 is 1.11 bits per heavy atom. The maximum atomic E-state index is 13.2. The lowest BCUT2D eigenvalue weighted by Crippen LogP contribution is -2.46. The number of aromatic nitrogens is 4. The van der Waals surface area contributed by atoms with Gasteiger partial charge in [-0.2, -0.15) is 0 Å². The SMILES string of the molecule is Cn1cc(C(=O)N2CCCCC3(CCN(Cc4ccccn4)CC3)C(=O)OC[C@@H](O)[C@@H](O)CC2)nn1. The number of amides is 1. The number of likely N-dealkylation sites (tertiary alicyclic amines) is 1. The molecule has 1 amide bonds. The predicted molar refractivity (Wildman–Crippen MR) is 130 cm³/mol. The summed E-state index contributed by atoms with van der Waals surface area (Å²) in [5.41, 5.74) is 0.599. The van der Waals surface area contributed by atoms with E-state index in [0.717, 1.165) is 31.7 Å². The number of pyridine rings is 1. The largest absolute Gasteiger partial charge is 0.462 e. The quantitative estimate of drug-likeness (QED) is 0.586. The Balaban J connectivity index is 1.42. The van der Waals surface area contributed by atoms with Gasteiger partial charge in [-0.05, 0) is 57.3 Å². The van der Waals surface area contributed by atoms with Crippen LogP contribution in [0.15, 0.2) is 30.6 Å². The number of carbonyl (C=O) groups is 2. The molecule has 2 fully saturated rings. The first-order chi connectivity index (χ1) is 17.4. The van der Waals surface area contributed by atoms with Crippen molar-refractivity contribution in [1.29, 1.82) is 0 Å². The van der Waals surface area contributed by atoms with Crippen molar-refractivity contribution in [3.8, 4) is 0 Å². The zero-order valence-electron chi connectivity index (χ0n) is 20.8. The second-order valence-corrected chi connectivity index (χ2v) is 9.93. The van der Waals surface area contributed by atoms with Gasteiger partial charge in [0.05, 0.1) is 23.4 Å². The number of aliphatic hydroxyl groups excluding tert-OH is 2. The van der Waals surface area contributed by atoms with Crippen LogP contribution in [0.25, 0.3) is 0 Å². The smallest absolute Gasteiger partial charge is 0.312 e. The highest BCUT2D eigenvalue weighted by Gasteiger charge is 2.42. The molecular weight excluding hydrogens is 464 g/mol. The number of rotatable bonds is 3. The molecule has 0 aromatic carbocycles. The molecule has 0 radical (unpaired) electrons. The molecule has 0 unspecified atom stereocenters. The van der Waals surface area contributed by atoms with E-state index in [1.165, 1.54) is 4.68 Å². The third-order valence-electron chi connectivity index (χ3n) is 7.32. The molecule has 4 rings (SSSR count). The van der Waals surface area contributed by atoms with Gasteiger partial charge in [0.1, 0.15) is 12.7 Å². The third kappa shape index (κ3) is 6.45. The van der Waals surface area contributed by atoms with Crippen molar-refractivity contribution in [3.05, 3.63) is 42.0 Å². The van der Waals surface area contributed by atoms with Gasteiger partial charge in [-0.1, -0.05) is 17.7 Å². The van der Waals surface area contributed by atoms with Crippen molar-refractivity contribution in [2.45, 2.75) is 57.3 Å². The second kappa shape index (κ2) is 11.9. The standard InChI is InChI=1S/C25H36N6O5/c1-29-17-20(27-28-29)23(34)31-12-5-3-8-25(24(35)36-18-22(33)21(32)7-13-31)9-14-30(15-10-25)16-19-6-2-4-11-26-19/h2,4,6,11,17,21-22,32-33H,3,5,7-10,12-16,18H2,1H3/t21-,22+/m0/s1. The summed E-state index contributed by atoms with van der Waals surface area (Å²) in [6.07, 6.45) is 4.59. The van der Waals surface area contributed by atoms with Crippen molar-refractivity contribution in [2.24, 2.45) is 12.5 Å². The maximum Gasteiger partial charge on any atom is 0.312 e. The van der Waals surface area contributed by atoms with Crippen LogP contribution >= 0.6 is 0 Å². The molecule has 1 spiro atoms. The number of piperidine rings is 1. The Bertz CT molecular complexity index is 1010. The summed E-state index contributed by atoms with van der Waals surface area (Å²) in [6, 6.07) is 5.86. The number of esters is 1. The average Bonchev–Trinajstić information content (AvgIpc) is 3.33. The number of nitrogens with zero attached hydrogens (tertiary/aromatic N) is 6. The van der Waals surface area contributed by atoms with Crippen molar-refractivity contribution < 1.29 is 24.5 Å². The first kappa shape index (κ1) is 26.2. The Morgan fingerprint density at radius 3 is 2.61 bits per heavy atom. The topological polar surface area (TPSA) is 134 Å². The molecule has 11 nitrogen and oxygen atoms in total. The van der Waals surface area contributed by atoms with Gasteiger partial charge in [-0.15, -0.1) is 5.10 Å². The molecule has 11 heteroatoms. The first-order valence-electron chi connectivity index (χ1n) is 12.7. The van der Waals surface area contributed by atoms with Gasteiger partial charge in [0, 0.05) is 32.9 Å². The zero-order chi connectivity index (χ0) is 25.5. The molecule has 2 saturated heterocycles. The highest BCUT2D eigenvalue weighted by atomic mass is 16.5. The van der Waals surface area contributed by atoms with E-state index in [0.29, 0.717) is 32.2 Å². The van der Waals surface area contributed by atoms with Crippen LogP contribution in [0.3, 0.4) is 0 Å². The number of aryl methyl sites for hydroxylation is 1. The van der Waals surface area contributed by atoms with E-state index in [1.54, 1.807) is 24.3 Å². The Labute approximate surface area is 211 Å². The minimum absolute atomic E-state index is 0.165. The third-order valence-corrected chi connectivity index (χ3v) is 7.32. The van der Waals surface area contributed by atoms with Crippen molar-refractivity contribution in [3.63, 3.8) is 0 Å². The molecule has 2 aliphatic heterocycles. The van der Waals surface area contributed by atoms with Crippen molar-refractivity contribution >= 4 is 11.9 Å². The zero-order valence-corrected chi connectivity index (χ0v) is 20.8. The summed E-state index contributed by atoms with van der Waals surface area (Å²) in [5, 5.41) is 28.6. The van der Waals surface area contributed by atoms with Gasteiger partial charge in [0.15, 0.2) is 5.69 Å². The summed E-state index contributed by atoms with van der Waals surface area (Å²) >= 11 is 0. The molecule has 2 atom stereocenters. The molecule has 4 heterocycles. The second-order valence-electron chi connectivity index (χ2n) is 9.93. The van der Waals surface area contributed by atoms with E-state index >= 15 is 0 Å². The normalized spacial score (nSPS) is 24.4. The fourth-order valence-corrected chi connectivity index (χ4v) is 5.01. The van der Waals surface area contributed by atoms with Crippen LogP contribution in [0.1, 0.15) is 54.7 Å². The highest BCUT2D eigenvalue weighted by molar-refractivity contribution is 5.91. The number of cyclic esters (lactones) is 1. The fraction of sp³-hybridized carbons (Fsp3) is 0.640. The van der Waals surface area contributed by atoms with Crippen LogP contribution in [-0.2, 0) is 23.1 Å². The number of aliphatic hydroxyl groups is 2. The van der Waals surface area contributed by atoms with Crippen molar-refractivity contribution in [1.82, 2.24) is 29.8 Å². The molecule has 0 aliphatic carbocycles. The van der Waals surface area contributed by atoms with E-state index in [1.807, 2.05) is 18.2 Å². The van der Waals surface area contributed by atoms with Gasteiger partial charge in [0.25, 0.3) is 5.91 Å². The molecule has 2 aromatic heterocycles. The van der Waals surface area contributed by atoms with E-state index in [9.17, 15) is 19.8 Å². The predicted octanol–water partition coefficient (Wildman–Crippen LogP) is 0.774. The number of ether oxygens (including phenoxy) is 1. The minimum atomic E-state index is -1.22. The Kier molecular flexibility index (Phi) is 8.65.